The molecule has 0 aliphatic rings. The Hall–Kier alpha value is -0.430. The summed E-state index contributed by atoms with van der Waals surface area (Å²) >= 11 is 3.41. The Morgan fingerprint density at radius 3 is 2.76 bits per heavy atom. The molecule has 1 aromatic rings. The Morgan fingerprint density at radius 2 is 2.29 bits per heavy atom. The number of methoxy groups -OCH3 is 1. The lowest BCUT2D eigenvalue weighted by atomic mass is 9.87. The van der Waals surface area contributed by atoms with Crippen LogP contribution in [-0.4, -0.2) is 35.1 Å². The first-order valence-corrected chi connectivity index (χ1v) is 6.39. The molecule has 6 heteroatoms. The van der Waals surface area contributed by atoms with Gasteiger partial charge < -0.3 is 15.6 Å². The summed E-state index contributed by atoms with van der Waals surface area (Å²) in [5, 5.41) is 14.9. The van der Waals surface area contributed by atoms with Crippen LogP contribution in [0.4, 0.5) is 0 Å². The van der Waals surface area contributed by atoms with Crippen LogP contribution < -0.4 is 5.73 Å². The first-order chi connectivity index (χ1) is 7.97. The van der Waals surface area contributed by atoms with Crippen molar-refractivity contribution in [3.8, 4) is 0 Å². The highest BCUT2D eigenvalue weighted by atomic mass is 79.9. The predicted molar refractivity (Wildman–Crippen MR) is 69.6 cm³/mol. The van der Waals surface area contributed by atoms with Gasteiger partial charge in [0, 0.05) is 13.7 Å². The third kappa shape index (κ3) is 2.88. The second kappa shape index (κ2) is 5.95. The lowest BCUT2D eigenvalue weighted by Gasteiger charge is -2.31. The number of hydrogen-bond acceptors (Lipinski definition) is 4. The van der Waals surface area contributed by atoms with E-state index in [1.165, 1.54) is 0 Å². The lowest BCUT2D eigenvalue weighted by Crippen LogP contribution is -2.42. The summed E-state index contributed by atoms with van der Waals surface area (Å²) in [6.45, 7) is 5.16. The fraction of sp³-hybridized carbons (Fsp3) is 0.727. The molecule has 1 heterocycles. The molecule has 98 valence electrons. The maximum atomic E-state index is 10.7. The van der Waals surface area contributed by atoms with Gasteiger partial charge in [-0.15, -0.1) is 0 Å². The highest BCUT2D eigenvalue weighted by Gasteiger charge is 2.36. The van der Waals surface area contributed by atoms with Crippen molar-refractivity contribution >= 4 is 15.9 Å². The van der Waals surface area contributed by atoms with Crippen molar-refractivity contribution in [3.63, 3.8) is 0 Å². The number of nitrogens with zero attached hydrogens (tertiary/aromatic N) is 2. The minimum atomic E-state index is -1.08. The van der Waals surface area contributed by atoms with E-state index in [1.54, 1.807) is 18.0 Å². The maximum Gasteiger partial charge on any atom is 0.122 e. The highest BCUT2D eigenvalue weighted by molar-refractivity contribution is 9.10. The monoisotopic (exact) mass is 305 g/mol. The molecule has 0 radical (unpaired) electrons. The van der Waals surface area contributed by atoms with Crippen LogP contribution in [0.15, 0.2) is 10.7 Å². The molecular weight excluding hydrogens is 286 g/mol. The average molecular weight is 306 g/mol. The molecule has 3 N–H and O–H groups in total. The molecule has 1 atom stereocenters. The molecule has 0 fully saturated rings. The summed E-state index contributed by atoms with van der Waals surface area (Å²) in [6.07, 6.45) is 1.67. The number of nitrogens with two attached hydrogens (primary N) is 1. The fourth-order valence-corrected chi connectivity index (χ4v) is 2.39. The van der Waals surface area contributed by atoms with Crippen molar-refractivity contribution in [1.82, 2.24) is 9.78 Å². The zero-order valence-electron chi connectivity index (χ0n) is 10.5. The lowest BCUT2D eigenvalue weighted by molar-refractivity contribution is -0.0110. The molecule has 5 nitrogen and oxygen atoms in total. The molecule has 0 saturated heterocycles. The Labute approximate surface area is 110 Å². The Balaban J connectivity index is 3.13. The smallest absolute Gasteiger partial charge is 0.122 e. The van der Waals surface area contributed by atoms with Crippen molar-refractivity contribution < 1.29 is 9.84 Å². The molecule has 0 spiro atoms. The van der Waals surface area contributed by atoms with E-state index >= 15 is 0 Å². The van der Waals surface area contributed by atoms with E-state index in [0.29, 0.717) is 18.8 Å². The number of aromatic nitrogens is 2. The molecular formula is C11H20BrN3O2. The topological polar surface area (TPSA) is 73.3 Å². The Morgan fingerprint density at radius 1 is 1.65 bits per heavy atom. The number of halogens is 1. The van der Waals surface area contributed by atoms with Gasteiger partial charge in [-0.2, -0.15) is 5.10 Å². The standard InChI is InChI=1S/C11H20BrN3O2/c1-8(2)11(16,7-13)10-9(12)6-14-15(10)4-5-17-3/h6,8,16H,4-5,7,13H2,1-3H3. The van der Waals surface area contributed by atoms with Gasteiger partial charge in [-0.1, -0.05) is 13.8 Å². The van der Waals surface area contributed by atoms with Gasteiger partial charge >= 0.3 is 0 Å². The number of ether oxygens (including phenoxy) is 1. The van der Waals surface area contributed by atoms with Crippen LogP contribution in [0.5, 0.6) is 0 Å². The molecule has 0 aliphatic heterocycles. The molecule has 0 aromatic carbocycles. The molecule has 17 heavy (non-hydrogen) atoms. The van der Waals surface area contributed by atoms with Gasteiger partial charge in [0.15, 0.2) is 0 Å². The van der Waals surface area contributed by atoms with E-state index in [1.807, 2.05) is 13.8 Å². The maximum absolute atomic E-state index is 10.7. The summed E-state index contributed by atoms with van der Waals surface area (Å²) in [6, 6.07) is 0. The van der Waals surface area contributed by atoms with Gasteiger partial charge in [0.25, 0.3) is 0 Å². The van der Waals surface area contributed by atoms with Crippen molar-refractivity contribution in [3.05, 3.63) is 16.4 Å². The van der Waals surface area contributed by atoms with Crippen LogP contribution in [0, 0.1) is 5.92 Å². The van der Waals surface area contributed by atoms with Gasteiger partial charge in [-0.3, -0.25) is 4.68 Å². The molecule has 1 unspecified atom stereocenters. The fourth-order valence-electron chi connectivity index (χ4n) is 1.75. The second-order valence-electron chi connectivity index (χ2n) is 4.34. The summed E-state index contributed by atoms with van der Waals surface area (Å²) < 4.78 is 7.54. The number of hydrogen-bond donors (Lipinski definition) is 2. The first kappa shape index (κ1) is 14.6. The van der Waals surface area contributed by atoms with Crippen molar-refractivity contribution in [2.24, 2.45) is 11.7 Å². The summed E-state index contributed by atoms with van der Waals surface area (Å²) in [7, 11) is 1.63. The van der Waals surface area contributed by atoms with Gasteiger partial charge in [0.05, 0.1) is 29.5 Å². The molecule has 0 aliphatic carbocycles. The first-order valence-electron chi connectivity index (χ1n) is 5.60. The minimum Gasteiger partial charge on any atom is -0.383 e. The van der Waals surface area contributed by atoms with Crippen LogP contribution in [0.2, 0.25) is 0 Å². The van der Waals surface area contributed by atoms with Crippen LogP contribution in [0.3, 0.4) is 0 Å². The number of rotatable bonds is 6. The zero-order chi connectivity index (χ0) is 13.1. The third-order valence-electron chi connectivity index (χ3n) is 2.98. The normalized spacial score (nSPS) is 15.2. The van der Waals surface area contributed by atoms with Crippen molar-refractivity contribution in [2.45, 2.75) is 26.0 Å². The van der Waals surface area contributed by atoms with Gasteiger partial charge in [-0.25, -0.2) is 0 Å². The van der Waals surface area contributed by atoms with Gasteiger partial charge in [-0.05, 0) is 21.8 Å². The molecule has 0 bridgehead atoms. The van der Waals surface area contributed by atoms with Gasteiger partial charge in [0.2, 0.25) is 0 Å². The average Bonchev–Trinajstić information content (AvgIpc) is 2.67. The summed E-state index contributed by atoms with van der Waals surface area (Å²) in [4.78, 5) is 0. The Bertz CT molecular complexity index is 368. The van der Waals surface area contributed by atoms with E-state index in [0.717, 1.165) is 4.47 Å². The zero-order valence-corrected chi connectivity index (χ0v) is 12.1. The molecule has 0 amide bonds. The SMILES string of the molecule is COCCn1ncc(Br)c1C(O)(CN)C(C)C. The second-order valence-corrected chi connectivity index (χ2v) is 5.19. The quantitative estimate of drug-likeness (QED) is 0.825. The molecule has 1 aromatic heterocycles. The van der Waals surface area contributed by atoms with E-state index in [2.05, 4.69) is 21.0 Å². The van der Waals surface area contributed by atoms with Crippen molar-refractivity contribution in [1.29, 1.82) is 0 Å². The van der Waals surface area contributed by atoms with E-state index in [9.17, 15) is 5.11 Å². The van der Waals surface area contributed by atoms with Crippen molar-refractivity contribution in [2.75, 3.05) is 20.3 Å². The van der Waals surface area contributed by atoms with Crippen LogP contribution >= 0.6 is 15.9 Å². The third-order valence-corrected chi connectivity index (χ3v) is 3.56. The highest BCUT2D eigenvalue weighted by Crippen LogP contribution is 2.33. The number of aliphatic hydroxyl groups is 1. The van der Waals surface area contributed by atoms with E-state index in [4.69, 9.17) is 10.5 Å². The van der Waals surface area contributed by atoms with Crippen LogP contribution in [0.1, 0.15) is 19.5 Å². The summed E-state index contributed by atoms with van der Waals surface area (Å²) in [5.74, 6) is 0.00166. The molecule has 0 saturated carbocycles. The predicted octanol–water partition coefficient (Wildman–Crippen LogP) is 1.09. The van der Waals surface area contributed by atoms with Crippen LogP contribution in [-0.2, 0) is 16.9 Å². The summed E-state index contributed by atoms with van der Waals surface area (Å²) in [5.41, 5.74) is 5.36. The van der Waals surface area contributed by atoms with E-state index < -0.39 is 5.60 Å². The van der Waals surface area contributed by atoms with E-state index in [-0.39, 0.29) is 12.5 Å². The van der Waals surface area contributed by atoms with Gasteiger partial charge in [0.1, 0.15) is 5.60 Å². The Kier molecular flexibility index (Phi) is 5.12. The van der Waals surface area contributed by atoms with Crippen LogP contribution in [0.25, 0.3) is 0 Å². The largest absolute Gasteiger partial charge is 0.383 e. The minimum absolute atomic E-state index is 0.00166. The molecule has 1 rings (SSSR count).